The molecule has 0 aliphatic rings. The Labute approximate surface area is 155 Å². The first-order valence-corrected chi connectivity index (χ1v) is 9.09. The minimum Gasteiger partial charge on any atom is -0.497 e. The molecule has 0 atom stereocenters. The summed E-state index contributed by atoms with van der Waals surface area (Å²) in [7, 11) is 1.59. The van der Waals surface area contributed by atoms with E-state index in [0.717, 1.165) is 16.3 Å². The monoisotopic (exact) mass is 369 g/mol. The van der Waals surface area contributed by atoms with Gasteiger partial charge in [-0.15, -0.1) is 11.3 Å². The van der Waals surface area contributed by atoms with Crippen LogP contribution in [0.15, 0.2) is 58.7 Å². The van der Waals surface area contributed by atoms with E-state index in [4.69, 9.17) is 4.74 Å². The number of aryl methyl sites for hydroxylation is 1. The van der Waals surface area contributed by atoms with Gasteiger partial charge in [0.25, 0.3) is 5.56 Å². The number of thiophene rings is 1. The van der Waals surface area contributed by atoms with Gasteiger partial charge in [0.1, 0.15) is 11.4 Å². The summed E-state index contributed by atoms with van der Waals surface area (Å²) < 4.78 is 6.50. The molecule has 26 heavy (non-hydrogen) atoms. The number of hydrogen-bond acceptors (Lipinski definition) is 5. The van der Waals surface area contributed by atoms with Crippen LogP contribution in [0.5, 0.6) is 5.75 Å². The van der Waals surface area contributed by atoms with Crippen LogP contribution in [-0.2, 0) is 11.3 Å². The molecular formula is C19H19N3O3S. The lowest BCUT2D eigenvalue weighted by molar-refractivity contribution is -0.116. The molecule has 3 rings (SSSR count). The van der Waals surface area contributed by atoms with Gasteiger partial charge in [0.05, 0.1) is 12.0 Å². The molecule has 1 aromatic carbocycles. The first-order chi connectivity index (χ1) is 12.7. The van der Waals surface area contributed by atoms with E-state index in [1.165, 1.54) is 10.7 Å². The maximum absolute atomic E-state index is 12.0. The Hall–Kier alpha value is -2.93. The Morgan fingerprint density at radius 1 is 1.19 bits per heavy atom. The Kier molecular flexibility index (Phi) is 5.80. The van der Waals surface area contributed by atoms with Crippen molar-refractivity contribution in [3.63, 3.8) is 0 Å². The number of carbonyl (C=O) groups is 1. The fraction of sp³-hybridized carbons (Fsp3) is 0.211. The molecule has 0 aliphatic carbocycles. The molecule has 0 saturated carbocycles. The molecule has 0 bridgehead atoms. The third-order valence-electron chi connectivity index (χ3n) is 3.79. The number of benzene rings is 1. The second kappa shape index (κ2) is 8.44. The van der Waals surface area contributed by atoms with Gasteiger partial charge in [-0.1, -0.05) is 6.07 Å². The predicted molar refractivity (Wildman–Crippen MR) is 103 cm³/mol. The van der Waals surface area contributed by atoms with Crippen LogP contribution < -0.4 is 15.6 Å². The van der Waals surface area contributed by atoms with Gasteiger partial charge < -0.3 is 10.1 Å². The smallest absolute Gasteiger partial charge is 0.266 e. The SMILES string of the molecule is COc1ccc(NC(=O)CCCn2nc(-c3cccs3)ccc2=O)cc1. The highest BCUT2D eigenvalue weighted by molar-refractivity contribution is 7.13. The van der Waals surface area contributed by atoms with E-state index in [2.05, 4.69) is 10.4 Å². The summed E-state index contributed by atoms with van der Waals surface area (Å²) in [5.41, 5.74) is 1.31. The zero-order valence-corrected chi connectivity index (χ0v) is 15.2. The number of ether oxygens (including phenoxy) is 1. The van der Waals surface area contributed by atoms with Crippen LogP contribution in [0.1, 0.15) is 12.8 Å². The Bertz CT molecular complexity index is 918. The summed E-state index contributed by atoms with van der Waals surface area (Å²) in [4.78, 5) is 25.0. The topological polar surface area (TPSA) is 73.2 Å². The van der Waals surface area contributed by atoms with Crippen molar-refractivity contribution >= 4 is 22.9 Å². The van der Waals surface area contributed by atoms with Gasteiger partial charge in [0.2, 0.25) is 5.91 Å². The van der Waals surface area contributed by atoms with Gasteiger partial charge in [-0.25, -0.2) is 4.68 Å². The molecule has 3 aromatic rings. The molecule has 6 nitrogen and oxygen atoms in total. The fourth-order valence-corrected chi connectivity index (χ4v) is 3.14. The standard InChI is InChI=1S/C19H19N3O3S/c1-25-15-8-6-14(7-9-15)20-18(23)5-2-12-22-19(24)11-10-16(21-22)17-4-3-13-26-17/h3-4,6-11,13H,2,5,12H2,1H3,(H,20,23). The molecule has 1 amide bonds. The number of rotatable bonds is 7. The number of amides is 1. The summed E-state index contributed by atoms with van der Waals surface area (Å²) in [6.45, 7) is 0.397. The molecule has 134 valence electrons. The fourth-order valence-electron chi connectivity index (χ4n) is 2.45. The quantitative estimate of drug-likeness (QED) is 0.693. The van der Waals surface area contributed by atoms with Gasteiger partial charge in [-0.05, 0) is 48.2 Å². The van der Waals surface area contributed by atoms with E-state index in [-0.39, 0.29) is 11.5 Å². The summed E-state index contributed by atoms with van der Waals surface area (Å²) in [5, 5.41) is 9.18. The van der Waals surface area contributed by atoms with Crippen LogP contribution in [-0.4, -0.2) is 22.8 Å². The second-order valence-electron chi connectivity index (χ2n) is 5.64. The van der Waals surface area contributed by atoms with Gasteiger partial charge in [-0.2, -0.15) is 5.10 Å². The van der Waals surface area contributed by atoms with E-state index >= 15 is 0 Å². The lowest BCUT2D eigenvalue weighted by atomic mass is 10.2. The van der Waals surface area contributed by atoms with Crippen molar-refractivity contribution in [1.29, 1.82) is 0 Å². The lowest BCUT2D eigenvalue weighted by Gasteiger charge is -2.08. The van der Waals surface area contributed by atoms with Crippen LogP contribution in [0, 0.1) is 0 Å². The first kappa shape index (κ1) is 17.9. The summed E-state index contributed by atoms with van der Waals surface area (Å²) >= 11 is 1.57. The molecular weight excluding hydrogens is 350 g/mol. The second-order valence-corrected chi connectivity index (χ2v) is 6.59. The van der Waals surface area contributed by atoms with Gasteiger partial charge in [-0.3, -0.25) is 9.59 Å². The minimum absolute atomic E-state index is 0.0994. The van der Waals surface area contributed by atoms with E-state index < -0.39 is 0 Å². The molecule has 0 spiro atoms. The van der Waals surface area contributed by atoms with Crippen LogP contribution in [0.25, 0.3) is 10.6 Å². The number of aromatic nitrogens is 2. The van der Waals surface area contributed by atoms with Crippen molar-refractivity contribution < 1.29 is 9.53 Å². The van der Waals surface area contributed by atoms with Crippen molar-refractivity contribution in [2.24, 2.45) is 0 Å². The van der Waals surface area contributed by atoms with Crippen LogP contribution in [0.2, 0.25) is 0 Å². The van der Waals surface area contributed by atoms with Crippen molar-refractivity contribution in [3.8, 4) is 16.3 Å². The average Bonchev–Trinajstić information content (AvgIpc) is 3.18. The number of carbonyl (C=O) groups excluding carboxylic acids is 1. The number of nitrogens with one attached hydrogen (secondary N) is 1. The number of methoxy groups -OCH3 is 1. The molecule has 0 aliphatic heterocycles. The van der Waals surface area contributed by atoms with Crippen molar-refractivity contribution in [3.05, 3.63) is 64.3 Å². The molecule has 0 fully saturated rings. The van der Waals surface area contributed by atoms with Crippen LogP contribution in [0.4, 0.5) is 5.69 Å². The van der Waals surface area contributed by atoms with Gasteiger partial charge in [0, 0.05) is 24.7 Å². The highest BCUT2D eigenvalue weighted by atomic mass is 32.1. The Balaban J connectivity index is 1.54. The molecule has 2 heterocycles. The van der Waals surface area contributed by atoms with E-state index in [9.17, 15) is 9.59 Å². The molecule has 0 radical (unpaired) electrons. The molecule has 7 heteroatoms. The lowest BCUT2D eigenvalue weighted by Crippen LogP contribution is -2.23. The normalized spacial score (nSPS) is 10.5. The number of hydrogen-bond donors (Lipinski definition) is 1. The van der Waals surface area contributed by atoms with Crippen molar-refractivity contribution in [1.82, 2.24) is 9.78 Å². The molecule has 0 saturated heterocycles. The van der Waals surface area contributed by atoms with Crippen LogP contribution >= 0.6 is 11.3 Å². The summed E-state index contributed by atoms with van der Waals surface area (Å²) in [5.74, 6) is 0.636. The maximum atomic E-state index is 12.0. The zero-order valence-electron chi connectivity index (χ0n) is 14.3. The Morgan fingerprint density at radius 2 is 2.00 bits per heavy atom. The highest BCUT2D eigenvalue weighted by Gasteiger charge is 2.06. The minimum atomic E-state index is -0.166. The summed E-state index contributed by atoms with van der Waals surface area (Å²) in [6, 6.07) is 14.3. The largest absolute Gasteiger partial charge is 0.497 e. The Morgan fingerprint density at radius 3 is 2.69 bits per heavy atom. The zero-order chi connectivity index (χ0) is 18.4. The van der Waals surface area contributed by atoms with E-state index in [0.29, 0.717) is 25.1 Å². The molecule has 1 N–H and O–H groups in total. The summed E-state index contributed by atoms with van der Waals surface area (Å²) in [6.07, 6.45) is 0.839. The number of anilines is 1. The van der Waals surface area contributed by atoms with Gasteiger partial charge >= 0.3 is 0 Å². The predicted octanol–water partition coefficient (Wildman–Crippen LogP) is 3.40. The van der Waals surface area contributed by atoms with Crippen molar-refractivity contribution in [2.45, 2.75) is 19.4 Å². The van der Waals surface area contributed by atoms with Crippen molar-refractivity contribution in [2.75, 3.05) is 12.4 Å². The first-order valence-electron chi connectivity index (χ1n) is 8.21. The highest BCUT2D eigenvalue weighted by Crippen LogP contribution is 2.21. The molecule has 2 aromatic heterocycles. The average molecular weight is 369 g/mol. The van der Waals surface area contributed by atoms with Crippen LogP contribution in [0.3, 0.4) is 0 Å². The van der Waals surface area contributed by atoms with E-state index in [1.54, 1.807) is 48.8 Å². The number of nitrogens with zero attached hydrogens (tertiary/aromatic N) is 2. The molecule has 0 unspecified atom stereocenters. The van der Waals surface area contributed by atoms with E-state index in [1.807, 2.05) is 17.5 Å². The van der Waals surface area contributed by atoms with Gasteiger partial charge in [0.15, 0.2) is 0 Å². The maximum Gasteiger partial charge on any atom is 0.266 e. The third kappa shape index (κ3) is 4.58. The third-order valence-corrected chi connectivity index (χ3v) is 4.68.